The monoisotopic (exact) mass is 283 g/mol. The summed E-state index contributed by atoms with van der Waals surface area (Å²) in [6.45, 7) is 1.13. The van der Waals surface area contributed by atoms with Crippen LogP contribution in [0.5, 0.6) is 0 Å². The standard InChI is InChI=1S/C17H21N3O/c18-10-13-5-2-8-15(13)17(21)20-11-14-6-1-4-12-7-3-9-19-16(12)14/h1,3-4,6-7,9,13,15H,2,5,8,10-11,18H2,(H,20,21). The molecule has 21 heavy (non-hydrogen) atoms. The minimum atomic E-state index is 0.0814. The number of aromatic nitrogens is 1. The molecule has 1 fully saturated rings. The van der Waals surface area contributed by atoms with Crippen LogP contribution in [-0.4, -0.2) is 17.4 Å². The molecule has 4 nitrogen and oxygen atoms in total. The Balaban J connectivity index is 1.70. The van der Waals surface area contributed by atoms with Gasteiger partial charge in [0.05, 0.1) is 5.52 Å². The molecule has 2 atom stereocenters. The fraction of sp³-hybridized carbons (Fsp3) is 0.412. The van der Waals surface area contributed by atoms with Crippen LogP contribution >= 0.6 is 0 Å². The van der Waals surface area contributed by atoms with Gasteiger partial charge in [-0.1, -0.05) is 30.7 Å². The molecule has 4 heteroatoms. The van der Waals surface area contributed by atoms with E-state index >= 15 is 0 Å². The number of hydrogen-bond acceptors (Lipinski definition) is 3. The average Bonchev–Trinajstić information content (AvgIpc) is 3.01. The lowest BCUT2D eigenvalue weighted by Gasteiger charge is -2.17. The predicted octanol–water partition coefficient (Wildman–Crippen LogP) is 2.23. The Bertz CT molecular complexity index is 635. The van der Waals surface area contributed by atoms with Crippen molar-refractivity contribution < 1.29 is 4.79 Å². The van der Waals surface area contributed by atoms with E-state index in [1.807, 2.05) is 30.3 Å². The fourth-order valence-electron chi connectivity index (χ4n) is 3.29. The molecule has 1 heterocycles. The Kier molecular flexibility index (Phi) is 4.15. The van der Waals surface area contributed by atoms with Gasteiger partial charge in [0.1, 0.15) is 0 Å². The molecule has 1 aromatic heterocycles. The number of rotatable bonds is 4. The first-order valence-corrected chi connectivity index (χ1v) is 7.60. The van der Waals surface area contributed by atoms with Gasteiger partial charge in [-0.25, -0.2) is 0 Å². The molecule has 0 bridgehead atoms. The van der Waals surface area contributed by atoms with E-state index in [9.17, 15) is 4.79 Å². The zero-order valence-corrected chi connectivity index (χ0v) is 12.1. The number of fused-ring (bicyclic) bond motifs is 1. The summed E-state index contributed by atoms with van der Waals surface area (Å²) >= 11 is 0. The highest BCUT2D eigenvalue weighted by atomic mass is 16.1. The number of amides is 1. The molecule has 0 aliphatic heterocycles. The van der Waals surface area contributed by atoms with Crippen LogP contribution in [0.2, 0.25) is 0 Å². The Morgan fingerprint density at radius 3 is 3.00 bits per heavy atom. The summed E-state index contributed by atoms with van der Waals surface area (Å²) in [6, 6.07) is 10.0. The van der Waals surface area contributed by atoms with E-state index < -0.39 is 0 Å². The van der Waals surface area contributed by atoms with Gasteiger partial charge in [-0.2, -0.15) is 0 Å². The summed E-state index contributed by atoms with van der Waals surface area (Å²) in [5.74, 6) is 0.560. The van der Waals surface area contributed by atoms with E-state index in [1.54, 1.807) is 6.20 Å². The predicted molar refractivity (Wildman–Crippen MR) is 83.5 cm³/mol. The Hall–Kier alpha value is -1.94. The van der Waals surface area contributed by atoms with Gasteiger partial charge in [-0.05, 0) is 36.9 Å². The van der Waals surface area contributed by atoms with Crippen molar-refractivity contribution in [3.05, 3.63) is 42.1 Å². The molecule has 1 saturated carbocycles. The number of nitrogens with one attached hydrogen (secondary N) is 1. The molecule has 0 saturated heterocycles. The number of carbonyl (C=O) groups is 1. The lowest BCUT2D eigenvalue weighted by Crippen LogP contribution is -2.34. The molecule has 0 radical (unpaired) electrons. The molecule has 1 aliphatic rings. The largest absolute Gasteiger partial charge is 0.352 e. The summed E-state index contributed by atoms with van der Waals surface area (Å²) in [5.41, 5.74) is 7.77. The highest BCUT2D eigenvalue weighted by molar-refractivity contribution is 5.83. The van der Waals surface area contributed by atoms with Gasteiger partial charge in [0.2, 0.25) is 5.91 Å². The number of para-hydroxylation sites is 1. The lowest BCUT2D eigenvalue weighted by atomic mass is 9.95. The third kappa shape index (κ3) is 2.90. The minimum absolute atomic E-state index is 0.0814. The summed E-state index contributed by atoms with van der Waals surface area (Å²) < 4.78 is 0. The Morgan fingerprint density at radius 1 is 1.29 bits per heavy atom. The third-order valence-corrected chi connectivity index (χ3v) is 4.47. The van der Waals surface area contributed by atoms with Crippen LogP contribution in [0, 0.1) is 11.8 Å². The van der Waals surface area contributed by atoms with Crippen LogP contribution in [0.1, 0.15) is 24.8 Å². The minimum Gasteiger partial charge on any atom is -0.352 e. The van der Waals surface area contributed by atoms with Gasteiger partial charge in [0, 0.05) is 24.0 Å². The molecule has 2 unspecified atom stereocenters. The van der Waals surface area contributed by atoms with Crippen molar-refractivity contribution in [2.24, 2.45) is 17.6 Å². The molecular weight excluding hydrogens is 262 g/mol. The molecular formula is C17H21N3O. The van der Waals surface area contributed by atoms with Crippen molar-refractivity contribution in [2.75, 3.05) is 6.54 Å². The molecule has 3 rings (SSSR count). The van der Waals surface area contributed by atoms with Gasteiger partial charge < -0.3 is 11.1 Å². The molecule has 2 aromatic rings. The number of benzene rings is 1. The molecule has 1 aromatic carbocycles. The topological polar surface area (TPSA) is 68.0 Å². The van der Waals surface area contributed by atoms with Crippen molar-refractivity contribution >= 4 is 16.8 Å². The summed E-state index contributed by atoms with van der Waals surface area (Å²) in [7, 11) is 0. The van der Waals surface area contributed by atoms with Crippen LogP contribution < -0.4 is 11.1 Å². The second-order valence-corrected chi connectivity index (χ2v) is 5.74. The van der Waals surface area contributed by atoms with Crippen molar-refractivity contribution in [2.45, 2.75) is 25.8 Å². The van der Waals surface area contributed by atoms with Crippen molar-refractivity contribution in [1.29, 1.82) is 0 Å². The van der Waals surface area contributed by atoms with E-state index in [1.165, 1.54) is 0 Å². The van der Waals surface area contributed by atoms with Gasteiger partial charge in [0.15, 0.2) is 0 Å². The smallest absolute Gasteiger partial charge is 0.223 e. The molecule has 0 spiro atoms. The maximum Gasteiger partial charge on any atom is 0.223 e. The van der Waals surface area contributed by atoms with E-state index in [0.717, 1.165) is 35.7 Å². The summed E-state index contributed by atoms with van der Waals surface area (Å²) in [5, 5.41) is 4.16. The first-order valence-electron chi connectivity index (χ1n) is 7.60. The maximum absolute atomic E-state index is 12.3. The van der Waals surface area contributed by atoms with E-state index in [4.69, 9.17) is 5.73 Å². The molecule has 1 aliphatic carbocycles. The van der Waals surface area contributed by atoms with E-state index in [-0.39, 0.29) is 11.8 Å². The van der Waals surface area contributed by atoms with Crippen LogP contribution in [0.15, 0.2) is 36.5 Å². The van der Waals surface area contributed by atoms with Gasteiger partial charge in [-0.15, -0.1) is 0 Å². The SMILES string of the molecule is NCC1CCCC1C(=O)NCc1cccc2cccnc12. The molecule has 1 amide bonds. The van der Waals surface area contributed by atoms with Crippen LogP contribution in [0.3, 0.4) is 0 Å². The summed E-state index contributed by atoms with van der Waals surface area (Å²) in [6.07, 6.45) is 4.93. The third-order valence-electron chi connectivity index (χ3n) is 4.47. The van der Waals surface area contributed by atoms with Crippen molar-refractivity contribution in [1.82, 2.24) is 10.3 Å². The van der Waals surface area contributed by atoms with E-state index in [0.29, 0.717) is 19.0 Å². The zero-order chi connectivity index (χ0) is 14.7. The van der Waals surface area contributed by atoms with Gasteiger partial charge >= 0.3 is 0 Å². The molecule has 3 N–H and O–H groups in total. The second kappa shape index (κ2) is 6.22. The molecule has 110 valence electrons. The van der Waals surface area contributed by atoms with Crippen LogP contribution in [0.25, 0.3) is 10.9 Å². The maximum atomic E-state index is 12.3. The average molecular weight is 283 g/mol. The number of hydrogen-bond donors (Lipinski definition) is 2. The lowest BCUT2D eigenvalue weighted by molar-refractivity contribution is -0.126. The Morgan fingerprint density at radius 2 is 2.14 bits per heavy atom. The number of pyridine rings is 1. The number of nitrogens with two attached hydrogens (primary N) is 1. The second-order valence-electron chi connectivity index (χ2n) is 5.74. The fourth-order valence-corrected chi connectivity index (χ4v) is 3.29. The number of nitrogens with zero attached hydrogens (tertiary/aromatic N) is 1. The van der Waals surface area contributed by atoms with Crippen molar-refractivity contribution in [3.8, 4) is 0 Å². The van der Waals surface area contributed by atoms with E-state index in [2.05, 4.69) is 10.3 Å². The van der Waals surface area contributed by atoms with Crippen LogP contribution in [0.4, 0.5) is 0 Å². The Labute approximate surface area is 124 Å². The quantitative estimate of drug-likeness (QED) is 0.904. The number of carbonyl (C=O) groups excluding carboxylic acids is 1. The van der Waals surface area contributed by atoms with Crippen LogP contribution in [-0.2, 0) is 11.3 Å². The normalized spacial score (nSPS) is 21.6. The van der Waals surface area contributed by atoms with Crippen molar-refractivity contribution in [3.63, 3.8) is 0 Å². The van der Waals surface area contributed by atoms with Gasteiger partial charge in [-0.3, -0.25) is 9.78 Å². The highest BCUT2D eigenvalue weighted by Crippen LogP contribution is 2.31. The van der Waals surface area contributed by atoms with Gasteiger partial charge in [0.25, 0.3) is 0 Å². The highest BCUT2D eigenvalue weighted by Gasteiger charge is 2.31. The zero-order valence-electron chi connectivity index (χ0n) is 12.1. The first kappa shape index (κ1) is 14.0. The first-order chi connectivity index (χ1) is 10.3. The summed E-state index contributed by atoms with van der Waals surface area (Å²) in [4.78, 5) is 16.8.